The number of carbonyl (C=O) groups is 2. The van der Waals surface area contributed by atoms with Crippen molar-refractivity contribution in [1.82, 2.24) is 10.6 Å². The number of hydrogen-bond acceptors (Lipinski definition) is 4. The van der Waals surface area contributed by atoms with Crippen LogP contribution >= 0.6 is 0 Å². The first-order valence-corrected chi connectivity index (χ1v) is 4.91. The summed E-state index contributed by atoms with van der Waals surface area (Å²) >= 11 is 0. The molecule has 0 saturated carbocycles. The molecule has 6 heteroatoms. The van der Waals surface area contributed by atoms with Crippen molar-refractivity contribution < 1.29 is 14.3 Å². The number of amides is 3. The molecule has 1 aliphatic rings. The number of imide groups is 1. The summed E-state index contributed by atoms with van der Waals surface area (Å²) in [7, 11) is 1.54. The van der Waals surface area contributed by atoms with Crippen LogP contribution in [0.1, 0.15) is 12.8 Å². The molecule has 1 rings (SSSR count). The van der Waals surface area contributed by atoms with E-state index in [0.717, 1.165) is 13.1 Å². The van der Waals surface area contributed by atoms with Crippen molar-refractivity contribution in [2.75, 3.05) is 26.8 Å². The van der Waals surface area contributed by atoms with Crippen molar-refractivity contribution in [3.63, 3.8) is 0 Å². The molecule has 0 radical (unpaired) electrons. The van der Waals surface area contributed by atoms with Crippen molar-refractivity contribution in [3.05, 3.63) is 0 Å². The zero-order valence-corrected chi connectivity index (χ0v) is 8.84. The average Bonchev–Trinajstić information content (AvgIpc) is 2.18. The molecule has 1 fully saturated rings. The van der Waals surface area contributed by atoms with Gasteiger partial charge in [0.15, 0.2) is 0 Å². The van der Waals surface area contributed by atoms with Crippen LogP contribution in [0.25, 0.3) is 0 Å². The van der Waals surface area contributed by atoms with Crippen molar-refractivity contribution >= 4 is 11.9 Å². The van der Waals surface area contributed by atoms with Crippen LogP contribution in [0.4, 0.5) is 4.79 Å². The molecule has 1 aliphatic heterocycles. The SMILES string of the molecule is COCC1(C(=O)NC(N)=O)CCNCC1. The Morgan fingerprint density at radius 2 is 2.07 bits per heavy atom. The summed E-state index contributed by atoms with van der Waals surface area (Å²) in [6, 6.07) is -0.811. The van der Waals surface area contributed by atoms with E-state index in [1.54, 1.807) is 7.11 Å². The van der Waals surface area contributed by atoms with E-state index >= 15 is 0 Å². The summed E-state index contributed by atoms with van der Waals surface area (Å²) in [6.45, 7) is 1.80. The fraction of sp³-hybridized carbons (Fsp3) is 0.778. The smallest absolute Gasteiger partial charge is 0.318 e. The molecule has 0 aliphatic carbocycles. The molecule has 1 heterocycles. The second-order valence-corrected chi connectivity index (χ2v) is 3.78. The van der Waals surface area contributed by atoms with Gasteiger partial charge in [-0.05, 0) is 25.9 Å². The minimum atomic E-state index is -0.811. The topological polar surface area (TPSA) is 93.4 Å². The summed E-state index contributed by atoms with van der Waals surface area (Å²) < 4.78 is 5.05. The van der Waals surface area contributed by atoms with Crippen molar-refractivity contribution in [1.29, 1.82) is 0 Å². The highest BCUT2D eigenvalue weighted by Crippen LogP contribution is 2.29. The lowest BCUT2D eigenvalue weighted by atomic mass is 9.79. The van der Waals surface area contributed by atoms with Gasteiger partial charge in [0.05, 0.1) is 12.0 Å². The van der Waals surface area contributed by atoms with E-state index in [0.29, 0.717) is 19.4 Å². The molecule has 0 atom stereocenters. The number of primary amides is 1. The lowest BCUT2D eigenvalue weighted by Crippen LogP contribution is -2.52. The van der Waals surface area contributed by atoms with Gasteiger partial charge in [0.1, 0.15) is 0 Å². The van der Waals surface area contributed by atoms with Crippen LogP contribution in [-0.4, -0.2) is 38.7 Å². The number of urea groups is 1. The van der Waals surface area contributed by atoms with Gasteiger partial charge in [-0.1, -0.05) is 0 Å². The Balaban J connectivity index is 2.70. The van der Waals surface area contributed by atoms with Gasteiger partial charge in [0.25, 0.3) is 0 Å². The average molecular weight is 215 g/mol. The maximum Gasteiger partial charge on any atom is 0.318 e. The number of hydrogen-bond donors (Lipinski definition) is 3. The molecular weight excluding hydrogens is 198 g/mol. The molecule has 0 aromatic heterocycles. The standard InChI is InChI=1S/C9H17N3O3/c1-15-6-9(2-4-11-5-3-9)7(13)12-8(10)14/h11H,2-6H2,1H3,(H3,10,12,13,14). The summed E-state index contributed by atoms with van der Waals surface area (Å²) in [6.07, 6.45) is 1.31. The number of nitrogens with one attached hydrogen (secondary N) is 2. The monoisotopic (exact) mass is 215 g/mol. The summed E-state index contributed by atoms with van der Waals surface area (Å²) in [5, 5.41) is 5.28. The van der Waals surface area contributed by atoms with Crippen molar-refractivity contribution in [3.8, 4) is 0 Å². The minimum absolute atomic E-state index is 0.313. The molecule has 0 aromatic carbocycles. The lowest BCUT2D eigenvalue weighted by Gasteiger charge is -2.34. The predicted octanol–water partition coefficient (Wildman–Crippen LogP) is -0.802. The van der Waals surface area contributed by atoms with Crippen molar-refractivity contribution in [2.24, 2.45) is 11.1 Å². The van der Waals surface area contributed by atoms with Gasteiger partial charge in [-0.2, -0.15) is 0 Å². The van der Waals surface area contributed by atoms with Crippen LogP contribution in [-0.2, 0) is 9.53 Å². The Kier molecular flexibility index (Phi) is 4.05. The first kappa shape index (κ1) is 11.9. The van der Waals surface area contributed by atoms with Gasteiger partial charge in [-0.3, -0.25) is 10.1 Å². The summed E-state index contributed by atoms with van der Waals surface area (Å²) in [4.78, 5) is 22.4. The van der Waals surface area contributed by atoms with E-state index in [-0.39, 0.29) is 5.91 Å². The lowest BCUT2D eigenvalue weighted by molar-refractivity contribution is -0.134. The van der Waals surface area contributed by atoms with E-state index in [2.05, 4.69) is 10.6 Å². The molecule has 1 saturated heterocycles. The molecule has 6 nitrogen and oxygen atoms in total. The van der Waals surface area contributed by atoms with Gasteiger partial charge in [0, 0.05) is 7.11 Å². The van der Waals surface area contributed by atoms with Crippen LogP contribution in [0, 0.1) is 5.41 Å². The molecule has 15 heavy (non-hydrogen) atoms. The van der Waals surface area contributed by atoms with Crippen LogP contribution < -0.4 is 16.4 Å². The third-order valence-electron chi connectivity index (χ3n) is 2.70. The molecule has 0 spiro atoms. The van der Waals surface area contributed by atoms with Crippen LogP contribution in [0.2, 0.25) is 0 Å². The van der Waals surface area contributed by atoms with E-state index < -0.39 is 11.4 Å². The molecule has 0 bridgehead atoms. The zero-order valence-electron chi connectivity index (χ0n) is 8.84. The Hall–Kier alpha value is -1.14. The third kappa shape index (κ3) is 2.90. The second kappa shape index (κ2) is 5.09. The van der Waals surface area contributed by atoms with E-state index in [1.807, 2.05) is 0 Å². The van der Waals surface area contributed by atoms with Crippen LogP contribution in [0.15, 0.2) is 0 Å². The fourth-order valence-electron chi connectivity index (χ4n) is 1.86. The highest BCUT2D eigenvalue weighted by atomic mass is 16.5. The quantitative estimate of drug-likeness (QED) is 0.574. The van der Waals surface area contributed by atoms with Gasteiger partial charge >= 0.3 is 6.03 Å². The predicted molar refractivity (Wildman–Crippen MR) is 54.1 cm³/mol. The van der Waals surface area contributed by atoms with Gasteiger partial charge in [0.2, 0.25) is 5.91 Å². The number of rotatable bonds is 3. The summed E-state index contributed by atoms with van der Waals surface area (Å²) in [5.74, 6) is -0.335. The number of ether oxygens (including phenoxy) is 1. The largest absolute Gasteiger partial charge is 0.384 e. The Morgan fingerprint density at radius 3 is 2.53 bits per heavy atom. The molecule has 3 amide bonds. The maximum atomic E-state index is 11.8. The van der Waals surface area contributed by atoms with Gasteiger partial charge < -0.3 is 15.8 Å². The number of piperidine rings is 1. The second-order valence-electron chi connectivity index (χ2n) is 3.78. The normalized spacial score (nSPS) is 19.5. The van der Waals surface area contributed by atoms with Crippen molar-refractivity contribution in [2.45, 2.75) is 12.8 Å². The maximum absolute atomic E-state index is 11.8. The van der Waals surface area contributed by atoms with Crippen LogP contribution in [0.5, 0.6) is 0 Å². The first-order valence-electron chi connectivity index (χ1n) is 4.91. The minimum Gasteiger partial charge on any atom is -0.384 e. The molecule has 86 valence electrons. The van der Waals surface area contributed by atoms with E-state index in [1.165, 1.54) is 0 Å². The molecule has 0 aromatic rings. The highest BCUT2D eigenvalue weighted by molar-refractivity contribution is 5.96. The Morgan fingerprint density at radius 1 is 1.47 bits per heavy atom. The summed E-state index contributed by atoms with van der Waals surface area (Å²) in [5.41, 5.74) is 4.31. The Bertz CT molecular complexity index is 243. The molecule has 4 N–H and O–H groups in total. The zero-order chi connectivity index (χ0) is 11.3. The van der Waals surface area contributed by atoms with Gasteiger partial charge in [-0.15, -0.1) is 0 Å². The number of carbonyl (C=O) groups excluding carboxylic acids is 2. The number of nitrogens with two attached hydrogens (primary N) is 1. The molecule has 0 unspecified atom stereocenters. The highest BCUT2D eigenvalue weighted by Gasteiger charge is 2.40. The fourth-order valence-corrected chi connectivity index (χ4v) is 1.86. The third-order valence-corrected chi connectivity index (χ3v) is 2.70. The first-order chi connectivity index (χ1) is 7.10. The van der Waals surface area contributed by atoms with Crippen LogP contribution in [0.3, 0.4) is 0 Å². The number of methoxy groups -OCH3 is 1. The van der Waals surface area contributed by atoms with E-state index in [4.69, 9.17) is 10.5 Å². The molecular formula is C9H17N3O3. The van der Waals surface area contributed by atoms with E-state index in [9.17, 15) is 9.59 Å². The Labute approximate surface area is 88.5 Å². The van der Waals surface area contributed by atoms with Gasteiger partial charge in [-0.25, -0.2) is 4.79 Å².